The summed E-state index contributed by atoms with van der Waals surface area (Å²) in [5.74, 6) is 0.668. The van der Waals surface area contributed by atoms with E-state index in [9.17, 15) is 0 Å². The van der Waals surface area contributed by atoms with Gasteiger partial charge in [-0.3, -0.25) is 0 Å². The second-order valence-electron chi connectivity index (χ2n) is 3.60. The minimum absolute atomic E-state index is 0. The molecule has 1 aromatic heterocycles. The van der Waals surface area contributed by atoms with E-state index in [1.54, 1.807) is 11.3 Å². The molecule has 0 radical (unpaired) electrons. The second-order valence-corrected chi connectivity index (χ2v) is 4.63. The molecule has 84 valence electrons. The zero-order valence-corrected chi connectivity index (χ0v) is 11.9. The lowest BCUT2D eigenvalue weighted by Gasteiger charge is -2.16. The van der Waals surface area contributed by atoms with E-state index in [2.05, 4.69) is 21.3 Å². The lowest BCUT2D eigenvalue weighted by molar-refractivity contribution is 0.487. The van der Waals surface area contributed by atoms with Crippen molar-refractivity contribution in [2.45, 2.75) is 25.4 Å². The molecule has 15 heavy (non-hydrogen) atoms. The highest BCUT2D eigenvalue weighted by Crippen LogP contribution is 2.25. The minimum Gasteiger partial charge on any atom is -0.370 e. The maximum Gasteiger partial charge on any atom is 0.191 e. The van der Waals surface area contributed by atoms with Gasteiger partial charge in [0.25, 0.3) is 0 Å². The number of nitrogens with zero attached hydrogens (tertiary/aromatic N) is 2. The molecule has 1 heterocycles. The van der Waals surface area contributed by atoms with Crippen molar-refractivity contribution in [2.24, 2.45) is 10.7 Å². The van der Waals surface area contributed by atoms with Crippen LogP contribution in [-0.2, 0) is 6.54 Å². The predicted octanol–water partition coefficient (Wildman–Crippen LogP) is 2.28. The van der Waals surface area contributed by atoms with Crippen molar-refractivity contribution in [3.05, 3.63) is 22.4 Å². The van der Waals surface area contributed by atoms with E-state index in [1.807, 2.05) is 13.1 Å². The maximum atomic E-state index is 5.86. The molecule has 1 aliphatic rings. The Bertz CT molecular complexity index is 319. The summed E-state index contributed by atoms with van der Waals surface area (Å²) in [4.78, 5) is 7.70. The van der Waals surface area contributed by atoms with Crippen LogP contribution >= 0.6 is 35.3 Å². The minimum atomic E-state index is 0. The van der Waals surface area contributed by atoms with Crippen LogP contribution in [0.2, 0.25) is 0 Å². The molecule has 1 fully saturated rings. The van der Waals surface area contributed by atoms with Gasteiger partial charge in [-0.25, -0.2) is 4.99 Å². The Labute approximate surface area is 111 Å². The number of thiophene rings is 1. The Kier molecular flexibility index (Phi) is 4.85. The van der Waals surface area contributed by atoms with Crippen LogP contribution < -0.4 is 5.73 Å². The van der Waals surface area contributed by atoms with Crippen LogP contribution in [0.15, 0.2) is 22.5 Å². The SMILES string of the molecule is CN(C(N)=NCc1cccs1)C1CC1.I. The number of guanidine groups is 1. The van der Waals surface area contributed by atoms with Gasteiger partial charge in [-0.15, -0.1) is 35.3 Å². The lowest BCUT2D eigenvalue weighted by atomic mass is 10.5. The molecule has 1 saturated carbocycles. The highest BCUT2D eigenvalue weighted by molar-refractivity contribution is 14.0. The third kappa shape index (κ3) is 3.64. The van der Waals surface area contributed by atoms with Gasteiger partial charge < -0.3 is 10.6 Å². The summed E-state index contributed by atoms with van der Waals surface area (Å²) in [5.41, 5.74) is 5.86. The fourth-order valence-corrected chi connectivity index (χ4v) is 1.95. The van der Waals surface area contributed by atoms with E-state index in [1.165, 1.54) is 17.7 Å². The summed E-state index contributed by atoms with van der Waals surface area (Å²) < 4.78 is 0. The normalized spacial score (nSPS) is 15.9. The van der Waals surface area contributed by atoms with Crippen LogP contribution in [0.25, 0.3) is 0 Å². The van der Waals surface area contributed by atoms with Crippen LogP contribution in [0.5, 0.6) is 0 Å². The first-order valence-electron chi connectivity index (χ1n) is 4.82. The first-order valence-corrected chi connectivity index (χ1v) is 5.70. The monoisotopic (exact) mass is 337 g/mol. The summed E-state index contributed by atoms with van der Waals surface area (Å²) in [5, 5.41) is 2.06. The van der Waals surface area contributed by atoms with Crippen LogP contribution in [0.1, 0.15) is 17.7 Å². The standard InChI is InChI=1S/C10H15N3S.HI/c1-13(8-4-5-8)10(11)12-7-9-3-2-6-14-9;/h2-3,6,8H,4-5,7H2,1H3,(H2,11,12);1H. The summed E-state index contributed by atoms with van der Waals surface area (Å²) in [6.07, 6.45) is 2.51. The molecule has 3 nitrogen and oxygen atoms in total. The summed E-state index contributed by atoms with van der Waals surface area (Å²) >= 11 is 1.72. The summed E-state index contributed by atoms with van der Waals surface area (Å²) in [7, 11) is 2.02. The molecule has 0 bridgehead atoms. The molecule has 1 aliphatic carbocycles. The highest BCUT2D eigenvalue weighted by atomic mass is 127. The van der Waals surface area contributed by atoms with Crippen LogP contribution in [-0.4, -0.2) is 23.9 Å². The van der Waals surface area contributed by atoms with Crippen molar-refractivity contribution in [3.63, 3.8) is 0 Å². The van der Waals surface area contributed by atoms with E-state index in [4.69, 9.17) is 5.73 Å². The molecule has 2 rings (SSSR count). The van der Waals surface area contributed by atoms with Crippen molar-refractivity contribution < 1.29 is 0 Å². The van der Waals surface area contributed by atoms with Crippen LogP contribution in [0.4, 0.5) is 0 Å². The Morgan fingerprint density at radius 1 is 1.67 bits per heavy atom. The number of hydrogen-bond acceptors (Lipinski definition) is 2. The number of rotatable bonds is 3. The van der Waals surface area contributed by atoms with E-state index in [0.717, 1.165) is 0 Å². The van der Waals surface area contributed by atoms with Crippen LogP contribution in [0, 0.1) is 0 Å². The maximum absolute atomic E-state index is 5.86. The number of hydrogen-bond donors (Lipinski definition) is 1. The zero-order chi connectivity index (χ0) is 9.97. The van der Waals surface area contributed by atoms with Crippen molar-refractivity contribution >= 4 is 41.3 Å². The number of aliphatic imine (C=N–C) groups is 1. The predicted molar refractivity (Wildman–Crippen MR) is 75.8 cm³/mol. The van der Waals surface area contributed by atoms with Crippen molar-refractivity contribution in [3.8, 4) is 0 Å². The third-order valence-electron chi connectivity index (χ3n) is 2.43. The molecular formula is C10H16IN3S. The molecule has 1 aromatic rings. The van der Waals surface area contributed by atoms with Crippen molar-refractivity contribution in [1.82, 2.24) is 4.90 Å². The fraction of sp³-hybridized carbons (Fsp3) is 0.500. The van der Waals surface area contributed by atoms with E-state index in [-0.39, 0.29) is 24.0 Å². The third-order valence-corrected chi connectivity index (χ3v) is 3.29. The Balaban J connectivity index is 0.00000112. The Hall–Kier alpha value is -0.300. The van der Waals surface area contributed by atoms with Gasteiger partial charge in [-0.1, -0.05) is 6.07 Å². The Morgan fingerprint density at radius 3 is 2.93 bits per heavy atom. The zero-order valence-electron chi connectivity index (χ0n) is 8.72. The average molecular weight is 337 g/mol. The first-order chi connectivity index (χ1) is 6.77. The van der Waals surface area contributed by atoms with Gasteiger partial charge in [0.1, 0.15) is 0 Å². The van der Waals surface area contributed by atoms with E-state index < -0.39 is 0 Å². The average Bonchev–Trinajstić information content (AvgIpc) is 2.91. The van der Waals surface area contributed by atoms with Gasteiger partial charge in [-0.2, -0.15) is 0 Å². The summed E-state index contributed by atoms with van der Waals surface area (Å²) in [6.45, 7) is 0.709. The molecule has 0 aromatic carbocycles. The first kappa shape index (κ1) is 12.8. The molecule has 0 atom stereocenters. The molecule has 0 amide bonds. The second kappa shape index (κ2) is 5.69. The Morgan fingerprint density at radius 2 is 2.40 bits per heavy atom. The molecule has 0 spiro atoms. The van der Waals surface area contributed by atoms with Gasteiger partial charge in [0.15, 0.2) is 5.96 Å². The number of halogens is 1. The fourth-order valence-electron chi connectivity index (χ4n) is 1.32. The van der Waals surface area contributed by atoms with Gasteiger partial charge in [-0.05, 0) is 24.3 Å². The molecule has 2 N–H and O–H groups in total. The summed E-state index contributed by atoms with van der Waals surface area (Å²) in [6, 6.07) is 4.76. The topological polar surface area (TPSA) is 41.6 Å². The quantitative estimate of drug-likeness (QED) is 0.522. The van der Waals surface area contributed by atoms with Gasteiger partial charge >= 0.3 is 0 Å². The van der Waals surface area contributed by atoms with Crippen LogP contribution in [0.3, 0.4) is 0 Å². The van der Waals surface area contributed by atoms with Gasteiger partial charge in [0.05, 0.1) is 6.54 Å². The molecule has 5 heteroatoms. The smallest absolute Gasteiger partial charge is 0.191 e. The lowest BCUT2D eigenvalue weighted by Crippen LogP contribution is -2.35. The molecule has 0 aliphatic heterocycles. The molecular weight excluding hydrogens is 321 g/mol. The van der Waals surface area contributed by atoms with E-state index in [0.29, 0.717) is 18.5 Å². The van der Waals surface area contributed by atoms with Crippen molar-refractivity contribution in [1.29, 1.82) is 0 Å². The molecule has 0 unspecified atom stereocenters. The van der Waals surface area contributed by atoms with Gasteiger partial charge in [0, 0.05) is 18.0 Å². The van der Waals surface area contributed by atoms with Gasteiger partial charge in [0.2, 0.25) is 0 Å². The number of nitrogens with two attached hydrogens (primary N) is 1. The highest BCUT2D eigenvalue weighted by Gasteiger charge is 2.27. The largest absolute Gasteiger partial charge is 0.370 e. The van der Waals surface area contributed by atoms with Crippen molar-refractivity contribution in [2.75, 3.05) is 7.05 Å². The van der Waals surface area contributed by atoms with E-state index >= 15 is 0 Å². The molecule has 0 saturated heterocycles.